The Balaban J connectivity index is 1.61. The van der Waals surface area contributed by atoms with E-state index >= 15 is 0 Å². The predicted octanol–water partition coefficient (Wildman–Crippen LogP) is 0.767. The van der Waals surface area contributed by atoms with Crippen molar-refractivity contribution in [2.45, 2.75) is 31.8 Å². The summed E-state index contributed by atoms with van der Waals surface area (Å²) in [6.07, 6.45) is 5.94. The molecule has 0 spiro atoms. The Hall–Kier alpha value is -1.40. The van der Waals surface area contributed by atoms with Gasteiger partial charge in [0, 0.05) is 38.6 Å². The van der Waals surface area contributed by atoms with E-state index in [1.807, 2.05) is 28.8 Å². The zero-order chi connectivity index (χ0) is 14.7. The van der Waals surface area contributed by atoms with Crippen molar-refractivity contribution in [3.8, 4) is 0 Å². The van der Waals surface area contributed by atoms with Crippen LogP contribution in [-0.4, -0.2) is 70.9 Å². The molecule has 2 fully saturated rings. The van der Waals surface area contributed by atoms with Crippen LogP contribution in [-0.2, 0) is 9.53 Å². The molecule has 0 saturated carbocycles. The van der Waals surface area contributed by atoms with Gasteiger partial charge in [-0.15, -0.1) is 0 Å². The average Bonchev–Trinajstić information content (AvgIpc) is 3.09. The van der Waals surface area contributed by atoms with Gasteiger partial charge < -0.3 is 9.64 Å². The van der Waals surface area contributed by atoms with Gasteiger partial charge in [0.2, 0.25) is 5.91 Å². The molecule has 1 aromatic heterocycles. The summed E-state index contributed by atoms with van der Waals surface area (Å²) in [5, 5.41) is 4.32. The lowest BCUT2D eigenvalue weighted by molar-refractivity contribution is -0.139. The first kappa shape index (κ1) is 14.5. The van der Waals surface area contributed by atoms with Gasteiger partial charge in [0.1, 0.15) is 0 Å². The molecular formula is C15H24N4O2. The topological polar surface area (TPSA) is 50.6 Å². The summed E-state index contributed by atoms with van der Waals surface area (Å²) in [5.41, 5.74) is 0. The highest BCUT2D eigenvalue weighted by atomic mass is 16.5. The second kappa shape index (κ2) is 6.58. The van der Waals surface area contributed by atoms with E-state index < -0.39 is 0 Å². The summed E-state index contributed by atoms with van der Waals surface area (Å²) >= 11 is 0. The number of rotatable bonds is 3. The molecule has 2 atom stereocenters. The highest BCUT2D eigenvalue weighted by Crippen LogP contribution is 2.22. The van der Waals surface area contributed by atoms with Crippen LogP contribution in [0.2, 0.25) is 0 Å². The Morgan fingerprint density at radius 2 is 2.14 bits per heavy atom. The molecule has 6 heteroatoms. The number of carbonyl (C=O) groups excluding carboxylic acids is 1. The third-order valence-electron chi connectivity index (χ3n) is 4.56. The van der Waals surface area contributed by atoms with Gasteiger partial charge in [-0.1, -0.05) is 0 Å². The quantitative estimate of drug-likeness (QED) is 0.825. The molecule has 1 aromatic rings. The van der Waals surface area contributed by atoms with E-state index in [0.717, 1.165) is 52.2 Å². The van der Waals surface area contributed by atoms with E-state index in [1.165, 1.54) is 0 Å². The summed E-state index contributed by atoms with van der Waals surface area (Å²) in [6, 6.07) is 2.21. The maximum Gasteiger partial charge on any atom is 0.239 e. The van der Waals surface area contributed by atoms with Gasteiger partial charge >= 0.3 is 0 Å². The van der Waals surface area contributed by atoms with Crippen molar-refractivity contribution in [2.75, 3.05) is 39.4 Å². The predicted molar refractivity (Wildman–Crippen MR) is 78.9 cm³/mol. The number of hydrogen-bond acceptors (Lipinski definition) is 4. The van der Waals surface area contributed by atoms with Gasteiger partial charge in [-0.25, -0.2) is 0 Å². The Kier molecular flexibility index (Phi) is 4.55. The first-order chi connectivity index (χ1) is 10.3. The van der Waals surface area contributed by atoms with E-state index in [-0.39, 0.29) is 11.9 Å². The summed E-state index contributed by atoms with van der Waals surface area (Å²) < 4.78 is 7.35. The number of piperidine rings is 1. The standard InChI is InChI=1S/C15H24N4O2/c1-13(17-8-10-21-11-9-17)15(20)18-6-2-4-14(12-18)19-7-3-5-16-19/h3,5,7,13-14H,2,4,6,8-12H2,1H3/t13-,14+/m0/s1. The van der Waals surface area contributed by atoms with Crippen molar-refractivity contribution >= 4 is 5.91 Å². The Morgan fingerprint density at radius 3 is 2.86 bits per heavy atom. The number of amides is 1. The molecular weight excluding hydrogens is 268 g/mol. The molecule has 3 heterocycles. The van der Waals surface area contributed by atoms with Crippen molar-refractivity contribution in [1.82, 2.24) is 19.6 Å². The van der Waals surface area contributed by atoms with Gasteiger partial charge in [-0.3, -0.25) is 14.4 Å². The molecule has 2 saturated heterocycles. The zero-order valence-corrected chi connectivity index (χ0v) is 12.6. The molecule has 2 aliphatic rings. The number of likely N-dealkylation sites (tertiary alicyclic amines) is 1. The first-order valence-corrected chi connectivity index (χ1v) is 7.85. The molecule has 0 aliphatic carbocycles. The fourth-order valence-corrected chi connectivity index (χ4v) is 3.25. The first-order valence-electron chi connectivity index (χ1n) is 7.85. The van der Waals surface area contributed by atoms with Gasteiger partial charge in [0.25, 0.3) is 0 Å². The number of morpholine rings is 1. The summed E-state index contributed by atoms with van der Waals surface area (Å²) in [5.74, 6) is 0.244. The highest BCUT2D eigenvalue weighted by molar-refractivity contribution is 5.81. The van der Waals surface area contributed by atoms with E-state index in [0.29, 0.717) is 6.04 Å². The molecule has 2 aliphatic heterocycles. The van der Waals surface area contributed by atoms with Gasteiger partial charge in [-0.2, -0.15) is 5.10 Å². The Bertz CT molecular complexity index is 456. The van der Waals surface area contributed by atoms with E-state index in [9.17, 15) is 4.79 Å². The number of carbonyl (C=O) groups is 1. The highest BCUT2D eigenvalue weighted by Gasteiger charge is 2.31. The second-order valence-corrected chi connectivity index (χ2v) is 5.89. The number of ether oxygens (including phenoxy) is 1. The van der Waals surface area contributed by atoms with Crippen LogP contribution in [0.4, 0.5) is 0 Å². The fourth-order valence-electron chi connectivity index (χ4n) is 3.25. The molecule has 116 valence electrons. The molecule has 0 aromatic carbocycles. The smallest absolute Gasteiger partial charge is 0.239 e. The van der Waals surface area contributed by atoms with Crippen LogP contribution in [0.15, 0.2) is 18.5 Å². The van der Waals surface area contributed by atoms with E-state index in [1.54, 1.807) is 6.20 Å². The van der Waals surface area contributed by atoms with Crippen molar-refractivity contribution in [3.05, 3.63) is 18.5 Å². The molecule has 0 bridgehead atoms. The van der Waals surface area contributed by atoms with Crippen molar-refractivity contribution in [2.24, 2.45) is 0 Å². The molecule has 0 unspecified atom stereocenters. The van der Waals surface area contributed by atoms with Gasteiger partial charge in [-0.05, 0) is 25.8 Å². The normalized spacial score (nSPS) is 25.8. The average molecular weight is 292 g/mol. The third-order valence-corrected chi connectivity index (χ3v) is 4.56. The minimum Gasteiger partial charge on any atom is -0.379 e. The number of aromatic nitrogens is 2. The maximum atomic E-state index is 12.7. The van der Waals surface area contributed by atoms with Crippen molar-refractivity contribution in [3.63, 3.8) is 0 Å². The zero-order valence-electron chi connectivity index (χ0n) is 12.6. The maximum absolute atomic E-state index is 12.7. The molecule has 0 N–H and O–H groups in total. The Morgan fingerprint density at radius 1 is 1.33 bits per heavy atom. The van der Waals surface area contributed by atoms with Crippen molar-refractivity contribution < 1.29 is 9.53 Å². The summed E-state index contributed by atoms with van der Waals surface area (Å²) in [4.78, 5) is 17.0. The monoisotopic (exact) mass is 292 g/mol. The van der Waals surface area contributed by atoms with Crippen LogP contribution in [0.5, 0.6) is 0 Å². The summed E-state index contributed by atoms with van der Waals surface area (Å²) in [6.45, 7) is 6.82. The lowest BCUT2D eigenvalue weighted by Gasteiger charge is -2.38. The number of nitrogens with zero attached hydrogens (tertiary/aromatic N) is 4. The lowest BCUT2D eigenvalue weighted by atomic mass is 10.0. The van der Waals surface area contributed by atoms with Crippen molar-refractivity contribution in [1.29, 1.82) is 0 Å². The third kappa shape index (κ3) is 3.27. The van der Waals surface area contributed by atoms with Crippen LogP contribution in [0, 0.1) is 0 Å². The van der Waals surface area contributed by atoms with E-state index in [4.69, 9.17) is 4.74 Å². The molecule has 0 radical (unpaired) electrons. The number of hydrogen-bond donors (Lipinski definition) is 0. The lowest BCUT2D eigenvalue weighted by Crippen LogP contribution is -2.53. The van der Waals surface area contributed by atoms with Crippen LogP contribution in [0.3, 0.4) is 0 Å². The van der Waals surface area contributed by atoms with Crippen LogP contribution in [0.1, 0.15) is 25.8 Å². The minimum atomic E-state index is -0.0507. The largest absolute Gasteiger partial charge is 0.379 e. The molecule has 6 nitrogen and oxygen atoms in total. The van der Waals surface area contributed by atoms with E-state index in [2.05, 4.69) is 10.00 Å². The SMILES string of the molecule is C[C@@H](C(=O)N1CCC[C@@H](n2cccn2)C1)N1CCOCC1. The summed E-state index contributed by atoms with van der Waals surface area (Å²) in [7, 11) is 0. The second-order valence-electron chi connectivity index (χ2n) is 5.89. The van der Waals surface area contributed by atoms with Crippen LogP contribution >= 0.6 is 0 Å². The van der Waals surface area contributed by atoms with Crippen LogP contribution in [0.25, 0.3) is 0 Å². The Labute approximate surface area is 125 Å². The minimum absolute atomic E-state index is 0.0507. The molecule has 1 amide bonds. The molecule has 21 heavy (non-hydrogen) atoms. The fraction of sp³-hybridized carbons (Fsp3) is 0.733. The van der Waals surface area contributed by atoms with Crippen LogP contribution < -0.4 is 0 Å². The van der Waals surface area contributed by atoms with Gasteiger partial charge in [0.15, 0.2) is 0 Å². The molecule has 3 rings (SSSR count). The van der Waals surface area contributed by atoms with Gasteiger partial charge in [0.05, 0.1) is 25.3 Å².